The number of ether oxygens (including phenoxy) is 2. The summed E-state index contributed by atoms with van der Waals surface area (Å²) in [4.78, 5) is 11.8. The van der Waals surface area contributed by atoms with Crippen LogP contribution in [0.15, 0.2) is 60.7 Å². The molecule has 0 aliphatic carbocycles. The Morgan fingerprint density at radius 1 is 1.00 bits per heavy atom. The molecule has 3 heteroatoms. The SMILES string of the molecule is CC(C)(C)OC(=O)/C=C/c1ccccc1OCc1ccccc1. The van der Waals surface area contributed by atoms with Crippen molar-refractivity contribution in [3.05, 3.63) is 71.8 Å². The van der Waals surface area contributed by atoms with Crippen molar-refractivity contribution < 1.29 is 14.3 Å². The Morgan fingerprint density at radius 3 is 2.35 bits per heavy atom. The lowest BCUT2D eigenvalue weighted by Crippen LogP contribution is -2.22. The Morgan fingerprint density at radius 2 is 1.65 bits per heavy atom. The molecule has 2 rings (SSSR count). The third kappa shape index (κ3) is 5.99. The van der Waals surface area contributed by atoms with Crippen molar-refractivity contribution in [3.8, 4) is 5.75 Å². The van der Waals surface area contributed by atoms with Crippen LogP contribution < -0.4 is 4.74 Å². The molecule has 23 heavy (non-hydrogen) atoms. The maximum absolute atomic E-state index is 11.8. The normalized spacial score (nSPS) is 11.4. The molecule has 0 aliphatic heterocycles. The van der Waals surface area contributed by atoms with Gasteiger partial charge in [-0.1, -0.05) is 48.5 Å². The van der Waals surface area contributed by atoms with Crippen molar-refractivity contribution >= 4 is 12.0 Å². The van der Waals surface area contributed by atoms with Crippen molar-refractivity contribution in [2.24, 2.45) is 0 Å². The van der Waals surface area contributed by atoms with Gasteiger partial charge in [0.05, 0.1) is 0 Å². The monoisotopic (exact) mass is 310 g/mol. The van der Waals surface area contributed by atoms with E-state index in [-0.39, 0.29) is 5.97 Å². The van der Waals surface area contributed by atoms with E-state index in [1.165, 1.54) is 6.08 Å². The Hall–Kier alpha value is -2.55. The van der Waals surface area contributed by atoms with Crippen LogP contribution in [-0.2, 0) is 16.1 Å². The fraction of sp³-hybridized carbons (Fsp3) is 0.250. The zero-order valence-corrected chi connectivity index (χ0v) is 13.8. The highest BCUT2D eigenvalue weighted by Crippen LogP contribution is 2.21. The molecular weight excluding hydrogens is 288 g/mol. The van der Waals surface area contributed by atoms with Crippen LogP contribution in [0.1, 0.15) is 31.9 Å². The summed E-state index contributed by atoms with van der Waals surface area (Å²) in [5, 5.41) is 0. The molecule has 0 fully saturated rings. The Balaban J connectivity index is 2.04. The summed E-state index contributed by atoms with van der Waals surface area (Å²) in [6.07, 6.45) is 3.14. The molecule has 0 heterocycles. The van der Waals surface area contributed by atoms with Gasteiger partial charge in [0.2, 0.25) is 0 Å². The van der Waals surface area contributed by atoms with Gasteiger partial charge in [0, 0.05) is 11.6 Å². The van der Waals surface area contributed by atoms with Gasteiger partial charge in [-0.25, -0.2) is 4.79 Å². The highest BCUT2D eigenvalue weighted by Gasteiger charge is 2.14. The fourth-order valence-electron chi connectivity index (χ4n) is 1.98. The predicted molar refractivity (Wildman–Crippen MR) is 92.1 cm³/mol. The van der Waals surface area contributed by atoms with Crippen LogP contribution in [0.25, 0.3) is 6.08 Å². The third-order valence-corrected chi connectivity index (χ3v) is 2.96. The highest BCUT2D eigenvalue weighted by molar-refractivity contribution is 5.87. The minimum atomic E-state index is -0.495. The average Bonchev–Trinajstić information content (AvgIpc) is 2.51. The van der Waals surface area contributed by atoms with Gasteiger partial charge in [-0.05, 0) is 38.5 Å². The first-order chi connectivity index (χ1) is 10.9. The molecule has 0 spiro atoms. The van der Waals surface area contributed by atoms with E-state index in [1.807, 2.05) is 75.4 Å². The molecule has 0 unspecified atom stereocenters. The van der Waals surface area contributed by atoms with Gasteiger partial charge in [-0.3, -0.25) is 0 Å². The first-order valence-corrected chi connectivity index (χ1v) is 7.61. The molecule has 0 atom stereocenters. The molecule has 2 aromatic carbocycles. The number of para-hydroxylation sites is 1. The second-order valence-electron chi connectivity index (χ2n) is 6.18. The smallest absolute Gasteiger partial charge is 0.331 e. The van der Waals surface area contributed by atoms with Gasteiger partial charge in [0.1, 0.15) is 18.0 Å². The van der Waals surface area contributed by atoms with Crippen LogP contribution in [0.5, 0.6) is 5.75 Å². The lowest BCUT2D eigenvalue weighted by Gasteiger charge is -2.18. The van der Waals surface area contributed by atoms with Crippen molar-refractivity contribution in [2.45, 2.75) is 33.0 Å². The predicted octanol–water partition coefficient (Wildman–Crippen LogP) is 4.62. The first-order valence-electron chi connectivity index (χ1n) is 7.61. The van der Waals surface area contributed by atoms with Gasteiger partial charge in [0.15, 0.2) is 0 Å². The van der Waals surface area contributed by atoms with Crippen molar-refractivity contribution in [1.82, 2.24) is 0 Å². The highest BCUT2D eigenvalue weighted by atomic mass is 16.6. The number of carbonyl (C=O) groups excluding carboxylic acids is 1. The number of carbonyl (C=O) groups is 1. The number of rotatable bonds is 5. The van der Waals surface area contributed by atoms with E-state index in [0.29, 0.717) is 6.61 Å². The van der Waals surface area contributed by atoms with E-state index in [0.717, 1.165) is 16.9 Å². The molecule has 0 radical (unpaired) electrons. The second kappa shape index (κ2) is 7.63. The molecule has 120 valence electrons. The van der Waals surface area contributed by atoms with E-state index in [4.69, 9.17) is 9.47 Å². The Labute approximate surface area is 137 Å². The van der Waals surface area contributed by atoms with E-state index in [9.17, 15) is 4.79 Å². The number of benzene rings is 2. The largest absolute Gasteiger partial charge is 0.488 e. The van der Waals surface area contributed by atoms with E-state index in [2.05, 4.69) is 0 Å². The van der Waals surface area contributed by atoms with E-state index >= 15 is 0 Å². The van der Waals surface area contributed by atoms with Gasteiger partial charge in [-0.2, -0.15) is 0 Å². The maximum atomic E-state index is 11.8. The van der Waals surface area contributed by atoms with Gasteiger partial charge >= 0.3 is 5.97 Å². The number of hydrogen-bond donors (Lipinski definition) is 0. The summed E-state index contributed by atoms with van der Waals surface area (Å²) in [6, 6.07) is 17.6. The summed E-state index contributed by atoms with van der Waals surface area (Å²) in [5.41, 5.74) is 1.44. The number of esters is 1. The minimum Gasteiger partial charge on any atom is -0.488 e. The third-order valence-electron chi connectivity index (χ3n) is 2.96. The molecule has 3 nitrogen and oxygen atoms in total. The lowest BCUT2D eigenvalue weighted by molar-refractivity contribution is -0.148. The topological polar surface area (TPSA) is 35.5 Å². The van der Waals surface area contributed by atoms with Gasteiger partial charge < -0.3 is 9.47 Å². The van der Waals surface area contributed by atoms with Crippen LogP contribution in [-0.4, -0.2) is 11.6 Å². The van der Waals surface area contributed by atoms with Gasteiger partial charge in [0.25, 0.3) is 0 Å². The molecule has 0 amide bonds. The van der Waals surface area contributed by atoms with Crippen LogP contribution in [0.2, 0.25) is 0 Å². The van der Waals surface area contributed by atoms with Crippen LogP contribution in [0.4, 0.5) is 0 Å². The molecular formula is C20H22O3. The Kier molecular flexibility index (Phi) is 5.58. The molecule has 0 saturated carbocycles. The lowest BCUT2D eigenvalue weighted by atomic mass is 10.1. The van der Waals surface area contributed by atoms with Crippen molar-refractivity contribution in [2.75, 3.05) is 0 Å². The summed E-state index contributed by atoms with van der Waals surface area (Å²) < 4.78 is 11.1. The quantitative estimate of drug-likeness (QED) is 0.597. The second-order valence-corrected chi connectivity index (χ2v) is 6.18. The molecule has 0 aliphatic rings. The molecule has 2 aromatic rings. The van der Waals surface area contributed by atoms with E-state index < -0.39 is 5.60 Å². The van der Waals surface area contributed by atoms with Crippen LogP contribution in [0.3, 0.4) is 0 Å². The first kappa shape index (κ1) is 16.8. The van der Waals surface area contributed by atoms with Gasteiger partial charge in [-0.15, -0.1) is 0 Å². The zero-order chi connectivity index (χ0) is 16.7. The summed E-state index contributed by atoms with van der Waals surface area (Å²) in [5.74, 6) is 0.367. The molecule has 0 saturated heterocycles. The molecule has 0 bridgehead atoms. The van der Waals surface area contributed by atoms with Crippen molar-refractivity contribution in [3.63, 3.8) is 0 Å². The Bertz CT molecular complexity index is 667. The maximum Gasteiger partial charge on any atom is 0.331 e. The fourth-order valence-corrected chi connectivity index (χ4v) is 1.98. The summed E-state index contributed by atoms with van der Waals surface area (Å²) in [6.45, 7) is 6.01. The molecule has 0 aromatic heterocycles. The minimum absolute atomic E-state index is 0.365. The summed E-state index contributed by atoms with van der Waals surface area (Å²) in [7, 11) is 0. The molecule has 0 N–H and O–H groups in total. The van der Waals surface area contributed by atoms with Crippen molar-refractivity contribution in [1.29, 1.82) is 0 Å². The van der Waals surface area contributed by atoms with Crippen LogP contribution >= 0.6 is 0 Å². The summed E-state index contributed by atoms with van der Waals surface area (Å²) >= 11 is 0. The van der Waals surface area contributed by atoms with E-state index in [1.54, 1.807) is 6.08 Å². The average molecular weight is 310 g/mol. The van der Waals surface area contributed by atoms with Crippen LogP contribution in [0, 0.1) is 0 Å². The standard InChI is InChI=1S/C20H22O3/c1-20(2,3)23-19(21)14-13-17-11-7-8-12-18(17)22-15-16-9-5-4-6-10-16/h4-14H,15H2,1-3H3/b14-13+. The number of hydrogen-bond acceptors (Lipinski definition) is 3. The zero-order valence-electron chi connectivity index (χ0n) is 13.8.